The molecular weight excluding hydrogens is 263 g/mol. The molecule has 0 aromatic heterocycles. The Hall–Kier alpha value is -1.89. The van der Waals surface area contributed by atoms with E-state index in [0.717, 1.165) is 18.7 Å². The van der Waals surface area contributed by atoms with Crippen molar-refractivity contribution in [2.75, 3.05) is 0 Å². The van der Waals surface area contributed by atoms with E-state index < -0.39 is 0 Å². The number of halogens is 2. The van der Waals surface area contributed by atoms with Crippen molar-refractivity contribution in [2.45, 2.75) is 13.1 Å². The molecule has 0 amide bonds. The molecule has 0 radical (unpaired) electrons. The number of nitrogens with one attached hydrogen (secondary N) is 1. The summed E-state index contributed by atoms with van der Waals surface area (Å²) in [4.78, 5) is 0. The average Bonchev–Trinajstić information content (AvgIpc) is 2.85. The van der Waals surface area contributed by atoms with E-state index in [2.05, 4.69) is 5.32 Å². The van der Waals surface area contributed by atoms with Gasteiger partial charge in [-0.15, -0.1) is 12.4 Å². The number of rotatable bonds is 1. The van der Waals surface area contributed by atoms with Crippen LogP contribution in [-0.2, 0) is 13.1 Å². The predicted molar refractivity (Wildman–Crippen MR) is 74.3 cm³/mol. The maximum atomic E-state index is 13.9. The highest BCUT2D eigenvalue weighted by Crippen LogP contribution is 2.29. The van der Waals surface area contributed by atoms with Crippen LogP contribution in [0.5, 0.6) is 0 Å². The molecule has 1 heterocycles. The summed E-state index contributed by atoms with van der Waals surface area (Å²) in [6, 6.07) is 12.5. The first-order chi connectivity index (χ1) is 8.79. The lowest BCUT2D eigenvalue weighted by atomic mass is 9.96. The molecule has 4 heteroatoms. The molecule has 0 aliphatic carbocycles. The number of hydrogen-bond acceptors (Lipinski definition) is 2. The minimum absolute atomic E-state index is 0. The molecule has 0 saturated carbocycles. The molecule has 96 valence electrons. The molecule has 0 spiro atoms. The van der Waals surface area contributed by atoms with Crippen molar-refractivity contribution in [1.82, 2.24) is 5.32 Å². The normalized spacial score (nSPS) is 12.4. The smallest absolute Gasteiger partial charge is 0.132 e. The van der Waals surface area contributed by atoms with E-state index in [1.807, 2.05) is 24.3 Å². The summed E-state index contributed by atoms with van der Waals surface area (Å²) in [5, 5.41) is 12.3. The van der Waals surface area contributed by atoms with Gasteiger partial charge < -0.3 is 5.32 Å². The molecule has 1 aliphatic heterocycles. The molecule has 19 heavy (non-hydrogen) atoms. The van der Waals surface area contributed by atoms with Gasteiger partial charge in [0.25, 0.3) is 0 Å². The number of nitriles is 1. The van der Waals surface area contributed by atoms with Crippen molar-refractivity contribution in [3.05, 3.63) is 58.9 Å². The molecule has 0 fully saturated rings. The van der Waals surface area contributed by atoms with E-state index >= 15 is 0 Å². The van der Waals surface area contributed by atoms with Crippen molar-refractivity contribution in [3.8, 4) is 17.2 Å². The second-order valence-electron chi connectivity index (χ2n) is 4.36. The first-order valence-corrected chi connectivity index (χ1v) is 5.81. The predicted octanol–water partition coefficient (Wildman–Crippen LogP) is 3.39. The molecule has 0 unspecified atom stereocenters. The molecule has 0 bridgehead atoms. The monoisotopic (exact) mass is 274 g/mol. The molecule has 2 aromatic carbocycles. The quantitative estimate of drug-likeness (QED) is 0.865. The van der Waals surface area contributed by atoms with Crippen molar-refractivity contribution >= 4 is 12.4 Å². The average molecular weight is 275 g/mol. The second-order valence-corrected chi connectivity index (χ2v) is 4.36. The number of fused-ring (bicyclic) bond motifs is 1. The fraction of sp³-hybridized carbons (Fsp3) is 0.133. The molecule has 2 aromatic rings. The Labute approximate surface area is 117 Å². The highest BCUT2D eigenvalue weighted by molar-refractivity contribution is 5.85. The molecular formula is C15H12ClFN2. The standard InChI is InChI=1S/C15H11FN2.ClH/c16-14-3-1-2-11(7-17)15(14)10-4-5-12-8-18-9-13(12)6-10;/h1-6,18H,8-9H2;1H. The fourth-order valence-electron chi connectivity index (χ4n) is 2.36. The van der Waals surface area contributed by atoms with Gasteiger partial charge in [0, 0.05) is 18.7 Å². The van der Waals surface area contributed by atoms with Gasteiger partial charge >= 0.3 is 0 Å². The Bertz CT molecular complexity index is 662. The van der Waals surface area contributed by atoms with Crippen LogP contribution in [0.1, 0.15) is 16.7 Å². The third-order valence-electron chi connectivity index (χ3n) is 3.26. The Morgan fingerprint density at radius 1 is 1.11 bits per heavy atom. The van der Waals surface area contributed by atoms with Crippen molar-refractivity contribution < 1.29 is 4.39 Å². The summed E-state index contributed by atoms with van der Waals surface area (Å²) in [6.07, 6.45) is 0. The summed E-state index contributed by atoms with van der Waals surface area (Å²) in [5.74, 6) is -0.347. The van der Waals surface area contributed by atoms with Crippen LogP contribution in [0, 0.1) is 17.1 Å². The maximum Gasteiger partial charge on any atom is 0.132 e. The first-order valence-electron chi connectivity index (χ1n) is 5.81. The summed E-state index contributed by atoms with van der Waals surface area (Å²) in [6.45, 7) is 1.66. The van der Waals surface area contributed by atoms with Crippen LogP contribution in [0.4, 0.5) is 4.39 Å². The SMILES string of the molecule is Cl.N#Cc1cccc(F)c1-c1ccc2c(c1)CNC2. The Kier molecular flexibility index (Phi) is 3.84. The lowest BCUT2D eigenvalue weighted by molar-refractivity contribution is 0.631. The highest BCUT2D eigenvalue weighted by atomic mass is 35.5. The van der Waals surface area contributed by atoms with Crippen LogP contribution in [-0.4, -0.2) is 0 Å². The van der Waals surface area contributed by atoms with Crippen LogP contribution >= 0.6 is 12.4 Å². The maximum absolute atomic E-state index is 13.9. The zero-order chi connectivity index (χ0) is 12.5. The van der Waals surface area contributed by atoms with Crippen LogP contribution < -0.4 is 5.32 Å². The Morgan fingerprint density at radius 2 is 1.89 bits per heavy atom. The number of benzene rings is 2. The minimum Gasteiger partial charge on any atom is -0.309 e. The molecule has 2 nitrogen and oxygen atoms in total. The Morgan fingerprint density at radius 3 is 2.68 bits per heavy atom. The van der Waals surface area contributed by atoms with E-state index in [4.69, 9.17) is 5.26 Å². The van der Waals surface area contributed by atoms with Gasteiger partial charge in [0.15, 0.2) is 0 Å². The second kappa shape index (κ2) is 5.40. The zero-order valence-corrected chi connectivity index (χ0v) is 10.9. The number of hydrogen-bond donors (Lipinski definition) is 1. The lowest BCUT2D eigenvalue weighted by Gasteiger charge is -2.07. The molecule has 1 aliphatic rings. The van der Waals surface area contributed by atoms with Gasteiger partial charge in [0.05, 0.1) is 11.6 Å². The fourth-order valence-corrected chi connectivity index (χ4v) is 2.36. The van der Waals surface area contributed by atoms with Crippen molar-refractivity contribution in [2.24, 2.45) is 0 Å². The molecule has 1 N–H and O–H groups in total. The summed E-state index contributed by atoms with van der Waals surface area (Å²) < 4.78 is 13.9. The summed E-state index contributed by atoms with van der Waals surface area (Å²) in [5.41, 5.74) is 3.97. The van der Waals surface area contributed by atoms with Gasteiger partial charge in [0.1, 0.15) is 5.82 Å². The van der Waals surface area contributed by atoms with E-state index in [1.165, 1.54) is 17.2 Å². The van der Waals surface area contributed by atoms with Crippen LogP contribution in [0.3, 0.4) is 0 Å². The molecule has 0 atom stereocenters. The minimum atomic E-state index is -0.347. The molecule has 3 rings (SSSR count). The zero-order valence-electron chi connectivity index (χ0n) is 10.1. The van der Waals surface area contributed by atoms with Gasteiger partial charge in [-0.1, -0.05) is 18.2 Å². The highest BCUT2D eigenvalue weighted by Gasteiger charge is 2.15. The van der Waals surface area contributed by atoms with Crippen LogP contribution in [0.25, 0.3) is 11.1 Å². The number of nitrogens with zero attached hydrogens (tertiary/aromatic N) is 1. The van der Waals surface area contributed by atoms with E-state index in [-0.39, 0.29) is 18.2 Å². The van der Waals surface area contributed by atoms with E-state index in [9.17, 15) is 4.39 Å². The largest absolute Gasteiger partial charge is 0.309 e. The first kappa shape index (κ1) is 13.5. The van der Waals surface area contributed by atoms with Gasteiger partial charge in [-0.25, -0.2) is 4.39 Å². The van der Waals surface area contributed by atoms with Crippen molar-refractivity contribution in [3.63, 3.8) is 0 Å². The molecule has 0 saturated heterocycles. The lowest BCUT2D eigenvalue weighted by Crippen LogP contribution is -1.99. The van der Waals surface area contributed by atoms with E-state index in [0.29, 0.717) is 11.1 Å². The third kappa shape index (κ3) is 2.33. The summed E-state index contributed by atoms with van der Waals surface area (Å²) in [7, 11) is 0. The third-order valence-corrected chi connectivity index (χ3v) is 3.26. The Balaban J connectivity index is 0.00000133. The van der Waals surface area contributed by atoms with Gasteiger partial charge in [-0.2, -0.15) is 5.26 Å². The van der Waals surface area contributed by atoms with Crippen LogP contribution in [0.2, 0.25) is 0 Å². The van der Waals surface area contributed by atoms with Gasteiger partial charge in [-0.3, -0.25) is 0 Å². The topological polar surface area (TPSA) is 35.8 Å². The van der Waals surface area contributed by atoms with Crippen LogP contribution in [0.15, 0.2) is 36.4 Å². The van der Waals surface area contributed by atoms with Crippen molar-refractivity contribution in [1.29, 1.82) is 5.26 Å². The van der Waals surface area contributed by atoms with E-state index in [1.54, 1.807) is 12.1 Å². The van der Waals surface area contributed by atoms with Gasteiger partial charge in [0.2, 0.25) is 0 Å². The summed E-state index contributed by atoms with van der Waals surface area (Å²) >= 11 is 0. The van der Waals surface area contributed by atoms with Gasteiger partial charge in [-0.05, 0) is 34.9 Å².